The molecule has 0 saturated heterocycles. The van der Waals surface area contributed by atoms with Gasteiger partial charge in [0.05, 0.1) is 18.8 Å². The molecule has 20 nitrogen and oxygen atoms in total. The minimum absolute atomic E-state index is 0.0619. The van der Waals surface area contributed by atoms with Crippen LogP contribution in [0.1, 0.15) is 241 Å². The second-order valence-corrected chi connectivity index (χ2v) is 34.9. The summed E-state index contributed by atoms with van der Waals surface area (Å²) in [6.45, 7) is 39.0. The van der Waals surface area contributed by atoms with Crippen molar-refractivity contribution >= 4 is 48.4 Å². The lowest BCUT2D eigenvalue weighted by Crippen LogP contribution is -2.10. The number of thiol groups is 1. The Bertz CT molecular complexity index is 6190. The van der Waals surface area contributed by atoms with E-state index in [-0.39, 0.29) is 136 Å². The van der Waals surface area contributed by atoms with Crippen LogP contribution in [0.4, 0.5) is 26.3 Å². The minimum atomic E-state index is -0.371. The van der Waals surface area contributed by atoms with E-state index in [2.05, 4.69) is 18.7 Å². The number of halogens is 6. The fraction of sp³-hybridized carbons (Fsp3) is 0.339. The molecule has 0 spiro atoms. The van der Waals surface area contributed by atoms with Crippen LogP contribution in [-0.2, 0) is 87.2 Å². The second kappa shape index (κ2) is 57.4. The standard InChI is InChI=1S/C21H23FO3.C20H23FO4.C20H23FO3.C19H21FO4.C19H21FO3S.C19H21FO3/c1-4-21(23)25-19-7-5-6-16(15-8-9-15)17(19)12-24-20-11-18(22)13(2)10-14(20)3;1-5-20(22)25-18-9-7-8-17(23-6-2)15(18)12-24-19-11-16(21)13(3)10-14(19)4;1-5-15-8-7-9-18(24-20(22)6-2)16(15)12-23-19-11-17(21)13(3)10-14(19)4;1-4-19(22)24-17-7-5-6-14(10-21)15(17)11-23-18-9-16(20)12(2)8-13(18)3;1-4-19(21)23-17-7-5-6-14(11-24)15(17)10-22-18-9-16(20)12(2)8-13(18)3;1-5-19(21)23-17-8-6-7-12(2)15(17)11-22-18-10-16(20)13(3)9-14(18)4/h5-7,10-11,15H,4,8-9,12H2,1-3H3;7-11H,5-6,12H2,1-4H3;7-11H,5-6,12H2,1-4H3;5-9,21H,4,10-11H2,1-3H3;5-9,24H,4,10-11H2,1-3H3;6-10H,5,11H2,1-4H3. The van der Waals surface area contributed by atoms with Crippen LogP contribution in [0.25, 0.3) is 0 Å². The summed E-state index contributed by atoms with van der Waals surface area (Å²) in [5, 5.41) is 9.51. The SMILES string of the molecule is CCC(=O)Oc1cccc(C)c1COc1cc(F)c(C)cc1C.CCC(=O)Oc1cccc(C2CC2)c1COc1cc(F)c(C)cc1C.CCC(=O)Oc1cccc(CC)c1COc1cc(F)c(C)cc1C.CCC(=O)Oc1cccc(CO)c1COc1cc(F)c(C)cc1C.CCC(=O)Oc1cccc(CS)c1COc1cc(F)c(C)cc1C.CCOc1cccc(OC(=O)CC)c1COc1cc(F)c(C)cc1C. The van der Waals surface area contributed by atoms with E-state index in [1.54, 1.807) is 180 Å². The van der Waals surface area contributed by atoms with Crippen molar-refractivity contribution in [1.82, 2.24) is 0 Å². The average molecular weight is 2020 g/mol. The summed E-state index contributed by atoms with van der Waals surface area (Å²) in [6.07, 6.45) is 4.77. The normalized spacial score (nSPS) is 11.0. The molecular weight excluding hydrogens is 1880 g/mol. The molecule has 0 unspecified atom stereocenters. The zero-order chi connectivity index (χ0) is 106. The van der Waals surface area contributed by atoms with E-state index in [4.69, 9.17) is 61.6 Å². The molecule has 0 atom stereocenters. The van der Waals surface area contributed by atoms with Gasteiger partial charge in [0.25, 0.3) is 0 Å². The van der Waals surface area contributed by atoms with Crippen molar-refractivity contribution in [2.75, 3.05) is 6.61 Å². The Hall–Kier alpha value is -14.1. The molecule has 13 rings (SSSR count). The molecule has 0 radical (unpaired) electrons. The number of hydrogen-bond donors (Lipinski definition) is 2. The van der Waals surface area contributed by atoms with Crippen molar-refractivity contribution in [3.63, 3.8) is 0 Å². The van der Waals surface area contributed by atoms with Crippen LogP contribution in [0.5, 0.6) is 74.7 Å². The number of aliphatic hydroxyl groups excluding tert-OH is 1. The number of carbonyl (C=O) groups is 6. The molecular formula is C118H132F6O20S. The topological polar surface area (TPSA) is 243 Å². The maximum atomic E-state index is 13.9. The number of carbonyl (C=O) groups excluding carboxylic acids is 6. The molecule has 0 amide bonds. The summed E-state index contributed by atoms with van der Waals surface area (Å²) in [4.78, 5) is 69.7. The highest BCUT2D eigenvalue weighted by atomic mass is 32.1. The first kappa shape index (κ1) is 116. The van der Waals surface area contributed by atoms with Crippen LogP contribution >= 0.6 is 12.6 Å². The maximum Gasteiger partial charge on any atom is 0.310 e. The second-order valence-electron chi connectivity index (χ2n) is 34.6. The van der Waals surface area contributed by atoms with Gasteiger partial charge in [-0.15, -0.1) is 0 Å². The van der Waals surface area contributed by atoms with Crippen LogP contribution in [0, 0.1) is 125 Å². The Labute approximate surface area is 852 Å². The first-order valence-electron chi connectivity index (χ1n) is 48.3. The van der Waals surface area contributed by atoms with Gasteiger partial charge in [-0.05, 0) is 296 Å². The van der Waals surface area contributed by atoms with Gasteiger partial charge in [0.1, 0.15) is 149 Å². The first-order valence-corrected chi connectivity index (χ1v) is 49.0. The number of aryl methyl sites for hydroxylation is 14. The molecule has 0 aliphatic heterocycles. The number of benzene rings is 12. The largest absolute Gasteiger partial charge is 0.493 e. The summed E-state index contributed by atoms with van der Waals surface area (Å²) in [5.74, 6) is 3.39. The molecule has 12 aromatic carbocycles. The fourth-order valence-corrected chi connectivity index (χ4v) is 15.0. The van der Waals surface area contributed by atoms with Crippen LogP contribution in [0.2, 0.25) is 0 Å². The van der Waals surface area contributed by atoms with Gasteiger partial charge < -0.3 is 66.7 Å². The van der Waals surface area contributed by atoms with Crippen molar-refractivity contribution in [2.45, 2.75) is 261 Å². The molecule has 0 heterocycles. The molecule has 1 N–H and O–H groups in total. The summed E-state index contributed by atoms with van der Waals surface area (Å²) >= 11 is 4.31. The van der Waals surface area contributed by atoms with Crippen LogP contribution in [-0.4, -0.2) is 47.5 Å². The molecule has 1 aliphatic rings. The van der Waals surface area contributed by atoms with E-state index in [0.29, 0.717) is 162 Å². The molecule has 145 heavy (non-hydrogen) atoms. The first-order chi connectivity index (χ1) is 69.2. The van der Waals surface area contributed by atoms with Gasteiger partial charge in [-0.25, -0.2) is 26.3 Å². The van der Waals surface area contributed by atoms with Crippen molar-refractivity contribution in [3.05, 3.63) is 345 Å². The van der Waals surface area contributed by atoms with E-state index >= 15 is 0 Å². The van der Waals surface area contributed by atoms with E-state index < -0.39 is 0 Å². The van der Waals surface area contributed by atoms with E-state index in [1.165, 1.54) is 36.4 Å². The molecule has 27 heteroatoms. The third kappa shape index (κ3) is 34.6. The number of rotatable bonds is 36. The quantitative estimate of drug-likeness (QED) is 0.0160. The van der Waals surface area contributed by atoms with Crippen molar-refractivity contribution in [1.29, 1.82) is 0 Å². The summed E-state index contributed by atoms with van der Waals surface area (Å²) in [7, 11) is 0. The van der Waals surface area contributed by atoms with E-state index in [1.807, 2.05) is 105 Å². The Morgan fingerprint density at radius 1 is 0.262 bits per heavy atom. The van der Waals surface area contributed by atoms with Crippen LogP contribution in [0.15, 0.2) is 182 Å². The highest BCUT2D eigenvalue weighted by molar-refractivity contribution is 7.79. The van der Waals surface area contributed by atoms with Gasteiger partial charge in [0, 0.05) is 108 Å². The molecule has 772 valence electrons. The number of esters is 6. The van der Waals surface area contributed by atoms with E-state index in [0.717, 1.165) is 97.2 Å². The maximum absolute atomic E-state index is 13.9. The average Bonchev–Trinajstić information content (AvgIpc) is 1.66. The van der Waals surface area contributed by atoms with Crippen molar-refractivity contribution < 1.29 is 122 Å². The zero-order valence-electron chi connectivity index (χ0n) is 86.5. The third-order valence-electron chi connectivity index (χ3n) is 23.4. The molecule has 0 aromatic heterocycles. The predicted molar refractivity (Wildman–Crippen MR) is 551 cm³/mol. The Morgan fingerprint density at radius 3 is 0.786 bits per heavy atom. The monoisotopic (exact) mass is 2010 g/mol. The number of aliphatic hydroxyl groups is 1. The van der Waals surface area contributed by atoms with Gasteiger partial charge in [-0.1, -0.05) is 115 Å². The van der Waals surface area contributed by atoms with Crippen LogP contribution < -0.4 is 61.6 Å². The molecule has 1 aliphatic carbocycles. The fourth-order valence-electron chi connectivity index (χ4n) is 14.7. The van der Waals surface area contributed by atoms with Crippen molar-refractivity contribution in [2.24, 2.45) is 0 Å². The Morgan fingerprint density at radius 2 is 0.497 bits per heavy atom. The summed E-state index contributed by atoms with van der Waals surface area (Å²) in [6, 6.07) is 51.3. The molecule has 1 fully saturated rings. The predicted octanol–water partition coefficient (Wildman–Crippen LogP) is 28.1. The highest BCUT2D eigenvalue weighted by Crippen LogP contribution is 2.45. The van der Waals surface area contributed by atoms with Crippen LogP contribution in [0.3, 0.4) is 0 Å². The highest BCUT2D eigenvalue weighted by Gasteiger charge is 2.30. The van der Waals surface area contributed by atoms with E-state index in [9.17, 15) is 60.2 Å². The summed E-state index contributed by atoms with van der Waals surface area (Å²) in [5.41, 5.74) is 17.7. The smallest absolute Gasteiger partial charge is 0.310 e. The van der Waals surface area contributed by atoms with Gasteiger partial charge in [-0.3, -0.25) is 28.8 Å². The molecule has 12 aromatic rings. The van der Waals surface area contributed by atoms with Gasteiger partial charge in [0.2, 0.25) is 0 Å². The lowest BCUT2D eigenvalue weighted by molar-refractivity contribution is -0.135. The lowest BCUT2D eigenvalue weighted by Gasteiger charge is -2.16. The lowest BCUT2D eigenvalue weighted by atomic mass is 10.0. The van der Waals surface area contributed by atoms with Gasteiger partial charge in [0.15, 0.2) is 0 Å². The Kier molecular flexibility index (Phi) is 46.0. The molecule has 1 saturated carbocycles. The van der Waals surface area contributed by atoms with Crippen molar-refractivity contribution in [3.8, 4) is 74.7 Å². The minimum Gasteiger partial charge on any atom is -0.493 e. The third-order valence-corrected chi connectivity index (χ3v) is 23.7. The number of hydrogen-bond acceptors (Lipinski definition) is 21. The zero-order valence-corrected chi connectivity index (χ0v) is 87.4. The molecule has 0 bridgehead atoms. The Balaban J connectivity index is 0.000000212. The summed E-state index contributed by atoms with van der Waals surface area (Å²) < 4.78 is 155. The van der Waals surface area contributed by atoms with Gasteiger partial charge in [-0.2, -0.15) is 12.6 Å². The van der Waals surface area contributed by atoms with Gasteiger partial charge >= 0.3 is 35.8 Å². The number of ether oxygens (including phenoxy) is 13.